The average Bonchev–Trinajstić information content (AvgIpc) is 3.10. The summed E-state index contributed by atoms with van der Waals surface area (Å²) >= 11 is 6.40. The fourth-order valence-electron chi connectivity index (χ4n) is 4.68. The SMILES string of the molecule is NC1(NC(=O)[C@H]2CC[C@H](S(=O)(=O)c3ccc(N4CC5(COC5)C4)cc3Cl)C2)CC1. The Balaban J connectivity index is 1.26. The molecule has 4 fully saturated rings. The number of hydrogen-bond donors (Lipinski definition) is 2. The van der Waals surface area contributed by atoms with Crippen LogP contribution in [0.4, 0.5) is 5.69 Å². The first kappa shape index (κ1) is 19.6. The van der Waals surface area contributed by atoms with Crippen molar-refractivity contribution < 1.29 is 17.9 Å². The second kappa shape index (κ2) is 6.57. The molecule has 2 aliphatic heterocycles. The summed E-state index contributed by atoms with van der Waals surface area (Å²) in [7, 11) is -3.59. The molecule has 4 aliphatic rings. The topological polar surface area (TPSA) is 102 Å². The number of ether oxygens (including phenoxy) is 1. The Labute approximate surface area is 175 Å². The van der Waals surface area contributed by atoms with Gasteiger partial charge in [-0.1, -0.05) is 11.6 Å². The maximum absolute atomic E-state index is 13.2. The van der Waals surface area contributed by atoms with Gasteiger partial charge in [0.05, 0.1) is 39.5 Å². The van der Waals surface area contributed by atoms with Crippen LogP contribution in [0.1, 0.15) is 32.1 Å². The molecular formula is C20H26ClN3O4S. The molecule has 2 saturated carbocycles. The molecule has 7 nitrogen and oxygen atoms in total. The third-order valence-corrected chi connectivity index (χ3v) is 9.51. The van der Waals surface area contributed by atoms with Gasteiger partial charge in [0, 0.05) is 24.7 Å². The highest BCUT2D eigenvalue weighted by Gasteiger charge is 2.49. The van der Waals surface area contributed by atoms with E-state index in [4.69, 9.17) is 22.1 Å². The molecule has 158 valence electrons. The van der Waals surface area contributed by atoms with Crippen molar-refractivity contribution >= 4 is 33.0 Å². The lowest BCUT2D eigenvalue weighted by atomic mass is 9.78. The zero-order valence-corrected chi connectivity index (χ0v) is 17.8. The second-order valence-corrected chi connectivity index (χ2v) is 11.9. The highest BCUT2D eigenvalue weighted by molar-refractivity contribution is 7.92. The zero-order chi connectivity index (χ0) is 20.4. The molecule has 2 atom stereocenters. The summed E-state index contributed by atoms with van der Waals surface area (Å²) in [5.41, 5.74) is 6.59. The van der Waals surface area contributed by atoms with Crippen LogP contribution in [0.5, 0.6) is 0 Å². The minimum absolute atomic E-state index is 0.129. The Morgan fingerprint density at radius 3 is 2.55 bits per heavy atom. The van der Waals surface area contributed by atoms with Crippen molar-refractivity contribution in [1.82, 2.24) is 5.32 Å². The summed E-state index contributed by atoms with van der Waals surface area (Å²) in [4.78, 5) is 14.7. The lowest BCUT2D eigenvalue weighted by Gasteiger charge is -2.56. The van der Waals surface area contributed by atoms with E-state index >= 15 is 0 Å². The lowest BCUT2D eigenvalue weighted by Crippen LogP contribution is -2.66. The summed E-state index contributed by atoms with van der Waals surface area (Å²) in [6.45, 7) is 3.42. The Morgan fingerprint density at radius 2 is 1.97 bits per heavy atom. The number of carbonyl (C=O) groups excluding carboxylic acids is 1. The van der Waals surface area contributed by atoms with Gasteiger partial charge in [0.15, 0.2) is 9.84 Å². The molecule has 0 aromatic heterocycles. The largest absolute Gasteiger partial charge is 0.380 e. The molecule has 2 aliphatic carbocycles. The molecule has 0 bridgehead atoms. The molecule has 29 heavy (non-hydrogen) atoms. The number of carbonyl (C=O) groups is 1. The summed E-state index contributed by atoms with van der Waals surface area (Å²) in [5.74, 6) is -0.438. The number of halogens is 1. The van der Waals surface area contributed by atoms with Gasteiger partial charge in [-0.2, -0.15) is 0 Å². The minimum Gasteiger partial charge on any atom is -0.380 e. The number of amides is 1. The van der Waals surface area contributed by atoms with E-state index in [0.29, 0.717) is 19.3 Å². The second-order valence-electron chi connectivity index (χ2n) is 9.29. The number of benzene rings is 1. The standard InChI is InChI=1S/C20H26ClN3O4S/c21-16-8-14(24-9-19(10-24)11-28-12-19)2-4-17(16)29(26,27)15-3-1-13(7-15)18(25)23-20(22)5-6-20/h2,4,8,13,15H,1,3,5-7,9-12,22H2,(H,23,25)/t13-,15-/m0/s1. The molecule has 1 spiro atoms. The minimum atomic E-state index is -3.59. The number of rotatable bonds is 5. The van der Waals surface area contributed by atoms with Gasteiger partial charge in [-0.15, -0.1) is 0 Å². The van der Waals surface area contributed by atoms with E-state index < -0.39 is 20.8 Å². The van der Waals surface area contributed by atoms with Crippen LogP contribution in [-0.4, -0.2) is 51.5 Å². The fourth-order valence-corrected chi connectivity index (χ4v) is 7.06. The lowest BCUT2D eigenvalue weighted by molar-refractivity contribution is -0.127. The zero-order valence-electron chi connectivity index (χ0n) is 16.2. The Hall–Kier alpha value is -1.35. The molecule has 0 radical (unpaired) electrons. The van der Waals surface area contributed by atoms with E-state index in [2.05, 4.69) is 10.2 Å². The van der Waals surface area contributed by atoms with Gasteiger partial charge >= 0.3 is 0 Å². The average molecular weight is 440 g/mol. The first-order valence-electron chi connectivity index (χ1n) is 10.2. The van der Waals surface area contributed by atoms with Crippen LogP contribution in [0.3, 0.4) is 0 Å². The number of hydrogen-bond acceptors (Lipinski definition) is 6. The Morgan fingerprint density at radius 1 is 1.24 bits per heavy atom. The van der Waals surface area contributed by atoms with Crippen molar-refractivity contribution in [2.45, 2.75) is 47.9 Å². The van der Waals surface area contributed by atoms with Crippen molar-refractivity contribution in [3.05, 3.63) is 23.2 Å². The summed E-state index contributed by atoms with van der Waals surface area (Å²) in [6, 6.07) is 5.18. The maximum Gasteiger partial charge on any atom is 0.224 e. The van der Waals surface area contributed by atoms with Crippen molar-refractivity contribution in [2.75, 3.05) is 31.2 Å². The van der Waals surface area contributed by atoms with Gasteiger partial charge in [-0.25, -0.2) is 8.42 Å². The number of nitrogens with one attached hydrogen (secondary N) is 1. The van der Waals surface area contributed by atoms with E-state index in [0.717, 1.165) is 44.8 Å². The van der Waals surface area contributed by atoms with Crippen molar-refractivity contribution in [3.8, 4) is 0 Å². The fraction of sp³-hybridized carbons (Fsp3) is 0.650. The third kappa shape index (κ3) is 3.44. The van der Waals surface area contributed by atoms with Crippen molar-refractivity contribution in [1.29, 1.82) is 0 Å². The maximum atomic E-state index is 13.2. The number of anilines is 1. The monoisotopic (exact) mass is 439 g/mol. The van der Waals surface area contributed by atoms with Crippen LogP contribution in [0.15, 0.2) is 23.1 Å². The summed E-state index contributed by atoms with van der Waals surface area (Å²) in [6.07, 6.45) is 2.89. The number of nitrogens with zero attached hydrogens (tertiary/aromatic N) is 1. The predicted molar refractivity (Wildman–Crippen MR) is 110 cm³/mol. The van der Waals surface area contributed by atoms with E-state index in [1.165, 1.54) is 0 Å². The Kier molecular flexibility index (Phi) is 4.44. The first-order valence-corrected chi connectivity index (χ1v) is 12.1. The van der Waals surface area contributed by atoms with Gasteiger partial charge < -0.3 is 20.7 Å². The molecule has 1 aromatic rings. The molecule has 1 amide bonds. The van der Waals surface area contributed by atoms with Gasteiger partial charge in [0.25, 0.3) is 0 Å². The normalized spacial score (nSPS) is 29.2. The van der Waals surface area contributed by atoms with Crippen molar-refractivity contribution in [2.24, 2.45) is 17.1 Å². The van der Waals surface area contributed by atoms with E-state index in [1.807, 2.05) is 6.07 Å². The van der Waals surface area contributed by atoms with Crippen LogP contribution >= 0.6 is 11.6 Å². The van der Waals surface area contributed by atoms with E-state index in [-0.39, 0.29) is 27.2 Å². The van der Waals surface area contributed by atoms with Crippen molar-refractivity contribution in [3.63, 3.8) is 0 Å². The van der Waals surface area contributed by atoms with Crippen LogP contribution in [0.2, 0.25) is 5.02 Å². The van der Waals surface area contributed by atoms with Gasteiger partial charge in [-0.3, -0.25) is 4.79 Å². The molecule has 0 unspecified atom stereocenters. The highest BCUT2D eigenvalue weighted by atomic mass is 35.5. The molecule has 3 N–H and O–H groups in total. The van der Waals surface area contributed by atoms with Crippen LogP contribution in [0.25, 0.3) is 0 Å². The van der Waals surface area contributed by atoms with Crippen LogP contribution < -0.4 is 16.0 Å². The molecule has 5 rings (SSSR count). The van der Waals surface area contributed by atoms with E-state index in [9.17, 15) is 13.2 Å². The molecule has 2 heterocycles. The van der Waals surface area contributed by atoms with Gasteiger partial charge in [0.1, 0.15) is 0 Å². The Bertz CT molecular complexity index is 950. The molecule has 2 saturated heterocycles. The van der Waals surface area contributed by atoms with Crippen LogP contribution in [-0.2, 0) is 19.4 Å². The highest BCUT2D eigenvalue weighted by Crippen LogP contribution is 2.42. The van der Waals surface area contributed by atoms with Gasteiger partial charge in [0.2, 0.25) is 5.91 Å². The molecular weight excluding hydrogens is 414 g/mol. The number of sulfone groups is 1. The first-order chi connectivity index (χ1) is 13.7. The predicted octanol–water partition coefficient (Wildman–Crippen LogP) is 1.68. The third-order valence-electron chi connectivity index (χ3n) is 6.81. The van der Waals surface area contributed by atoms with Gasteiger partial charge in [-0.05, 0) is 50.3 Å². The molecule has 1 aromatic carbocycles. The van der Waals surface area contributed by atoms with E-state index in [1.54, 1.807) is 12.1 Å². The summed E-state index contributed by atoms with van der Waals surface area (Å²) in [5, 5.41) is 2.51. The summed E-state index contributed by atoms with van der Waals surface area (Å²) < 4.78 is 31.6. The smallest absolute Gasteiger partial charge is 0.224 e. The van der Waals surface area contributed by atoms with Crippen LogP contribution in [0, 0.1) is 11.3 Å². The quantitative estimate of drug-likeness (QED) is 0.677. The molecule has 9 heteroatoms. The number of nitrogens with two attached hydrogens (primary N) is 1.